The Hall–Kier alpha value is -0.980. The minimum absolute atomic E-state index is 0.0617. The Morgan fingerprint density at radius 2 is 1.56 bits per heavy atom. The molecule has 4 unspecified atom stereocenters. The van der Waals surface area contributed by atoms with E-state index in [0.29, 0.717) is 16.6 Å². The zero-order chi connectivity index (χ0) is 24.1. The molecule has 0 spiro atoms. The van der Waals surface area contributed by atoms with Gasteiger partial charge in [0.05, 0.1) is 0 Å². The van der Waals surface area contributed by atoms with Gasteiger partial charge in [-0.1, -0.05) is 81.4 Å². The summed E-state index contributed by atoms with van der Waals surface area (Å²) in [5, 5.41) is 11.4. The first-order valence-electron chi connectivity index (χ1n) is 13.5. The third-order valence-corrected chi connectivity index (χ3v) is 8.64. The van der Waals surface area contributed by atoms with Gasteiger partial charge in [0.15, 0.2) is 0 Å². The van der Waals surface area contributed by atoms with Crippen molar-refractivity contribution in [3.63, 3.8) is 0 Å². The minimum Gasteiger partial charge on any atom is -0.507 e. The van der Waals surface area contributed by atoms with E-state index in [2.05, 4.69) is 81.4 Å². The highest BCUT2D eigenvalue weighted by atomic mass is 16.3. The topological polar surface area (TPSA) is 20.2 Å². The van der Waals surface area contributed by atoms with E-state index in [9.17, 15) is 5.11 Å². The Kier molecular flexibility index (Phi) is 6.94. The first kappa shape index (κ1) is 25.6. The SMILES string of the molecule is CCc1cc(C(C)(C)C)cc(C2(C)CC3CC(C)(CC(C)C)CC(CC(C)C)(C3)C2)c1O. The number of phenols is 1. The molecule has 0 amide bonds. The summed E-state index contributed by atoms with van der Waals surface area (Å²) in [5.41, 5.74) is 4.78. The average molecular weight is 441 g/mol. The molecule has 182 valence electrons. The van der Waals surface area contributed by atoms with Gasteiger partial charge < -0.3 is 5.11 Å². The summed E-state index contributed by atoms with van der Waals surface area (Å²) in [6, 6.07) is 4.64. The van der Waals surface area contributed by atoms with Gasteiger partial charge in [0.2, 0.25) is 0 Å². The summed E-state index contributed by atoms with van der Waals surface area (Å²) in [6.07, 6.45) is 10.2. The lowest BCUT2D eigenvalue weighted by atomic mass is 9.46. The van der Waals surface area contributed by atoms with Crippen LogP contribution < -0.4 is 0 Å². The molecule has 2 aliphatic rings. The molecule has 1 aromatic rings. The second-order valence-electron chi connectivity index (χ2n) is 14.5. The summed E-state index contributed by atoms with van der Waals surface area (Å²) in [7, 11) is 0. The smallest absolute Gasteiger partial charge is 0.122 e. The number of aromatic hydroxyl groups is 1. The van der Waals surface area contributed by atoms with Gasteiger partial charge >= 0.3 is 0 Å². The van der Waals surface area contributed by atoms with Gasteiger partial charge in [-0.2, -0.15) is 0 Å². The fraction of sp³-hybridized carbons (Fsp3) is 0.806. The zero-order valence-electron chi connectivity index (χ0n) is 23.0. The molecular weight excluding hydrogens is 388 g/mol. The van der Waals surface area contributed by atoms with Crippen molar-refractivity contribution in [1.82, 2.24) is 0 Å². The number of benzene rings is 1. The first-order chi connectivity index (χ1) is 14.6. The van der Waals surface area contributed by atoms with E-state index in [1.807, 2.05) is 0 Å². The zero-order valence-corrected chi connectivity index (χ0v) is 23.0. The lowest BCUT2D eigenvalue weighted by Gasteiger charge is -2.59. The second kappa shape index (κ2) is 8.66. The molecule has 1 heteroatoms. The molecule has 0 aliphatic heterocycles. The van der Waals surface area contributed by atoms with Crippen molar-refractivity contribution in [2.45, 2.75) is 131 Å². The Bertz CT molecular complexity index is 806. The average Bonchev–Trinajstić information content (AvgIpc) is 2.56. The van der Waals surface area contributed by atoms with Crippen LogP contribution >= 0.6 is 0 Å². The summed E-state index contributed by atoms with van der Waals surface area (Å²) in [5.74, 6) is 2.85. The van der Waals surface area contributed by atoms with Gasteiger partial charge in [-0.15, -0.1) is 0 Å². The number of hydrogen-bond donors (Lipinski definition) is 1. The fourth-order valence-corrected chi connectivity index (χ4v) is 8.54. The van der Waals surface area contributed by atoms with Gasteiger partial charge in [-0.25, -0.2) is 0 Å². The van der Waals surface area contributed by atoms with Crippen LogP contribution in [0.1, 0.15) is 131 Å². The standard InChI is InChI=1S/C31H52O/c1-11-24-12-25(28(6,7)8)13-26(27(24)32)30(10)17-23-16-29(9,14-21(2)3)19-31(18-23,20-30)15-22(4)5/h12-13,21-23,32H,11,14-20H2,1-10H3. The van der Waals surface area contributed by atoms with Crippen LogP contribution in [0.25, 0.3) is 0 Å². The third kappa shape index (κ3) is 5.23. The quantitative estimate of drug-likeness (QED) is 0.467. The van der Waals surface area contributed by atoms with E-state index in [4.69, 9.17) is 0 Å². The van der Waals surface area contributed by atoms with E-state index in [-0.39, 0.29) is 10.8 Å². The fourth-order valence-electron chi connectivity index (χ4n) is 8.54. The number of hydrogen-bond acceptors (Lipinski definition) is 1. The molecule has 0 radical (unpaired) electrons. The Morgan fingerprint density at radius 1 is 0.938 bits per heavy atom. The highest BCUT2D eigenvalue weighted by Crippen LogP contribution is 2.64. The highest BCUT2D eigenvalue weighted by Gasteiger charge is 2.54. The van der Waals surface area contributed by atoms with E-state index in [0.717, 1.165) is 29.7 Å². The summed E-state index contributed by atoms with van der Waals surface area (Å²) < 4.78 is 0. The molecule has 2 aliphatic carbocycles. The van der Waals surface area contributed by atoms with Gasteiger partial charge in [0.1, 0.15) is 5.75 Å². The molecule has 0 saturated heterocycles. The number of aryl methyl sites for hydroxylation is 1. The van der Waals surface area contributed by atoms with E-state index in [1.54, 1.807) is 0 Å². The van der Waals surface area contributed by atoms with E-state index in [1.165, 1.54) is 56.1 Å². The van der Waals surface area contributed by atoms with Crippen LogP contribution in [0.3, 0.4) is 0 Å². The Balaban J connectivity index is 2.09. The number of fused-ring (bicyclic) bond motifs is 2. The number of rotatable bonds is 6. The van der Waals surface area contributed by atoms with Crippen LogP contribution in [0.15, 0.2) is 12.1 Å². The predicted octanol–water partition coefficient (Wildman–Crippen LogP) is 9.19. The van der Waals surface area contributed by atoms with Gasteiger partial charge in [0, 0.05) is 5.56 Å². The van der Waals surface area contributed by atoms with Crippen LogP contribution in [-0.2, 0) is 17.3 Å². The van der Waals surface area contributed by atoms with E-state index >= 15 is 0 Å². The molecule has 1 N–H and O–H groups in total. The molecule has 1 nitrogen and oxygen atoms in total. The van der Waals surface area contributed by atoms with Crippen LogP contribution in [0.4, 0.5) is 0 Å². The molecule has 0 heterocycles. The lowest BCUT2D eigenvalue weighted by Crippen LogP contribution is -2.49. The van der Waals surface area contributed by atoms with Crippen molar-refractivity contribution in [3.8, 4) is 5.75 Å². The first-order valence-corrected chi connectivity index (χ1v) is 13.5. The van der Waals surface area contributed by atoms with Crippen LogP contribution in [0.5, 0.6) is 5.75 Å². The van der Waals surface area contributed by atoms with Crippen molar-refractivity contribution in [1.29, 1.82) is 0 Å². The molecule has 1 aromatic carbocycles. The van der Waals surface area contributed by atoms with Crippen molar-refractivity contribution in [2.75, 3.05) is 0 Å². The van der Waals surface area contributed by atoms with Crippen molar-refractivity contribution >= 4 is 0 Å². The summed E-state index contributed by atoms with van der Waals surface area (Å²) in [6.45, 7) is 23.8. The molecule has 2 fully saturated rings. The maximum atomic E-state index is 11.4. The minimum atomic E-state index is 0.0617. The molecule has 0 aromatic heterocycles. The van der Waals surface area contributed by atoms with Crippen LogP contribution in [0, 0.1) is 28.6 Å². The van der Waals surface area contributed by atoms with Gasteiger partial charge in [0.25, 0.3) is 0 Å². The molecular formula is C31H52O. The maximum Gasteiger partial charge on any atom is 0.122 e. The van der Waals surface area contributed by atoms with Crippen molar-refractivity contribution in [2.24, 2.45) is 28.6 Å². The Morgan fingerprint density at radius 3 is 2.09 bits per heavy atom. The summed E-state index contributed by atoms with van der Waals surface area (Å²) in [4.78, 5) is 0. The molecule has 4 atom stereocenters. The highest BCUT2D eigenvalue weighted by molar-refractivity contribution is 5.49. The molecule has 3 rings (SSSR count). The largest absolute Gasteiger partial charge is 0.507 e. The van der Waals surface area contributed by atoms with Crippen molar-refractivity contribution in [3.05, 3.63) is 28.8 Å². The van der Waals surface area contributed by atoms with Crippen molar-refractivity contribution < 1.29 is 5.11 Å². The molecule has 32 heavy (non-hydrogen) atoms. The predicted molar refractivity (Wildman–Crippen MR) is 140 cm³/mol. The molecule has 2 saturated carbocycles. The van der Waals surface area contributed by atoms with E-state index < -0.39 is 0 Å². The lowest BCUT2D eigenvalue weighted by molar-refractivity contribution is -0.0589. The Labute approximate surface area is 199 Å². The monoisotopic (exact) mass is 440 g/mol. The van der Waals surface area contributed by atoms with Crippen LogP contribution in [0.2, 0.25) is 0 Å². The molecule has 2 bridgehead atoms. The van der Waals surface area contributed by atoms with Crippen LogP contribution in [-0.4, -0.2) is 5.11 Å². The summed E-state index contributed by atoms with van der Waals surface area (Å²) >= 11 is 0. The normalized spacial score (nSPS) is 33.2. The number of phenolic OH excluding ortho intramolecular Hbond substituents is 1. The van der Waals surface area contributed by atoms with Gasteiger partial charge in [-0.3, -0.25) is 0 Å². The van der Waals surface area contributed by atoms with Gasteiger partial charge in [-0.05, 0) is 102 Å². The second-order valence-corrected chi connectivity index (χ2v) is 14.5. The third-order valence-electron chi connectivity index (χ3n) is 8.64. The maximum absolute atomic E-state index is 11.4.